The van der Waals surface area contributed by atoms with Gasteiger partial charge >= 0.3 is 0 Å². The smallest absolute Gasteiger partial charge is 0.251 e. The first-order valence-corrected chi connectivity index (χ1v) is 11.1. The normalized spacial score (nSPS) is 16.9. The van der Waals surface area contributed by atoms with Crippen LogP contribution in [-0.2, 0) is 6.42 Å². The van der Waals surface area contributed by atoms with E-state index in [1.807, 2.05) is 13.1 Å². The Bertz CT molecular complexity index is 1200. The number of aliphatic hydroxyl groups is 1. The molecule has 1 aromatic heterocycles. The van der Waals surface area contributed by atoms with Crippen LogP contribution in [0.5, 0.6) is 17.2 Å². The van der Waals surface area contributed by atoms with Crippen molar-refractivity contribution in [3.05, 3.63) is 52.8 Å². The van der Waals surface area contributed by atoms with Crippen molar-refractivity contribution in [2.75, 3.05) is 40.6 Å². The highest BCUT2D eigenvalue weighted by atomic mass is 16.7. The largest absolute Gasteiger partial charge is 0.492 e. The van der Waals surface area contributed by atoms with Gasteiger partial charge in [0.2, 0.25) is 12.5 Å². The third kappa shape index (κ3) is 3.82. The number of carbonyl (C=O) groups is 1. The van der Waals surface area contributed by atoms with E-state index in [1.165, 1.54) is 0 Å². The fourth-order valence-electron chi connectivity index (χ4n) is 4.44. The molecule has 1 amide bonds. The molecule has 11 heteroatoms. The number of likely N-dealkylation sites (N-methyl/N-ethyl adjacent to an activating group) is 1. The molecular formula is C23H26N6O5. The van der Waals surface area contributed by atoms with Crippen molar-refractivity contribution >= 4 is 5.91 Å². The topological polar surface area (TPSA) is 124 Å². The lowest BCUT2D eigenvalue weighted by molar-refractivity contribution is 0.0951. The molecule has 2 aliphatic rings. The van der Waals surface area contributed by atoms with E-state index in [-0.39, 0.29) is 25.3 Å². The van der Waals surface area contributed by atoms with Gasteiger partial charge in [0.15, 0.2) is 17.3 Å². The number of nitrogens with one attached hydrogen (secondary N) is 1. The Balaban J connectivity index is 1.50. The molecule has 178 valence electrons. The van der Waals surface area contributed by atoms with Crippen LogP contribution in [0.15, 0.2) is 30.3 Å². The summed E-state index contributed by atoms with van der Waals surface area (Å²) >= 11 is 0. The summed E-state index contributed by atoms with van der Waals surface area (Å²) in [6, 6.07) is 8.81. The summed E-state index contributed by atoms with van der Waals surface area (Å²) in [7, 11) is 3.65. The second kappa shape index (κ2) is 9.27. The monoisotopic (exact) mass is 466 g/mol. The first-order chi connectivity index (χ1) is 16.6. The summed E-state index contributed by atoms with van der Waals surface area (Å²) in [6.45, 7) is 1.42. The van der Waals surface area contributed by atoms with Crippen LogP contribution in [0.4, 0.5) is 0 Å². The number of hydrogen-bond donors (Lipinski definition) is 2. The van der Waals surface area contributed by atoms with E-state index in [0.29, 0.717) is 41.6 Å². The number of benzene rings is 2. The van der Waals surface area contributed by atoms with Crippen LogP contribution in [0.1, 0.15) is 39.8 Å². The van der Waals surface area contributed by atoms with Crippen LogP contribution in [0.2, 0.25) is 0 Å². The molecule has 34 heavy (non-hydrogen) atoms. The number of methoxy groups -OCH3 is 1. The molecule has 3 heterocycles. The van der Waals surface area contributed by atoms with Crippen molar-refractivity contribution in [2.24, 2.45) is 0 Å². The van der Waals surface area contributed by atoms with Gasteiger partial charge in [-0.05, 0) is 66.2 Å². The standard InChI is InChI=1S/C23H26N6O5/c1-28-10-8-15-12-17-20(34-13-33-17)21(32-2)18(15)19(28)22-25-26-27-29(22)16-6-4-14(5-7-16)23(31)24-9-3-11-30/h4-7,12,19,30H,3,8-11,13H2,1-2H3,(H,24,31)/t19-/m0/s1. The van der Waals surface area contributed by atoms with Crippen molar-refractivity contribution in [2.45, 2.75) is 18.9 Å². The molecule has 2 aliphatic heterocycles. The Morgan fingerprint density at radius 2 is 2.12 bits per heavy atom. The van der Waals surface area contributed by atoms with E-state index in [4.69, 9.17) is 19.3 Å². The Kier molecular flexibility index (Phi) is 6.03. The van der Waals surface area contributed by atoms with Crippen LogP contribution < -0.4 is 19.5 Å². The third-order valence-electron chi connectivity index (χ3n) is 6.13. The number of tetrazole rings is 1. The average molecular weight is 466 g/mol. The molecule has 0 saturated heterocycles. The van der Waals surface area contributed by atoms with Gasteiger partial charge in [-0.25, -0.2) is 0 Å². The summed E-state index contributed by atoms with van der Waals surface area (Å²) in [4.78, 5) is 14.5. The summed E-state index contributed by atoms with van der Waals surface area (Å²) in [5, 5.41) is 24.2. The first-order valence-electron chi connectivity index (χ1n) is 11.1. The van der Waals surface area contributed by atoms with Crippen LogP contribution in [-0.4, -0.2) is 76.8 Å². The van der Waals surface area contributed by atoms with E-state index in [0.717, 1.165) is 29.8 Å². The van der Waals surface area contributed by atoms with E-state index in [2.05, 4.69) is 25.7 Å². The fraction of sp³-hybridized carbons (Fsp3) is 0.391. The number of fused-ring (bicyclic) bond motifs is 2. The van der Waals surface area contributed by atoms with Crippen molar-refractivity contribution in [1.82, 2.24) is 30.4 Å². The van der Waals surface area contributed by atoms with Gasteiger partial charge in [0.1, 0.15) is 6.04 Å². The maximum atomic E-state index is 12.3. The Morgan fingerprint density at radius 3 is 2.88 bits per heavy atom. The van der Waals surface area contributed by atoms with Crippen molar-refractivity contribution in [3.8, 4) is 22.9 Å². The second-order valence-electron chi connectivity index (χ2n) is 8.18. The zero-order chi connectivity index (χ0) is 23.7. The molecule has 5 rings (SSSR count). The Morgan fingerprint density at radius 1 is 1.29 bits per heavy atom. The van der Waals surface area contributed by atoms with Crippen molar-refractivity contribution in [3.63, 3.8) is 0 Å². The second-order valence-corrected chi connectivity index (χ2v) is 8.18. The molecule has 0 saturated carbocycles. The molecule has 0 unspecified atom stereocenters. The summed E-state index contributed by atoms with van der Waals surface area (Å²) in [5.74, 6) is 2.34. The number of nitrogens with zero attached hydrogens (tertiary/aromatic N) is 5. The number of amides is 1. The molecule has 0 fully saturated rings. The lowest BCUT2D eigenvalue weighted by Crippen LogP contribution is -2.35. The Hall–Kier alpha value is -3.70. The van der Waals surface area contributed by atoms with Crippen LogP contribution in [0.3, 0.4) is 0 Å². The highest BCUT2D eigenvalue weighted by molar-refractivity contribution is 5.94. The maximum Gasteiger partial charge on any atom is 0.251 e. The molecular weight excluding hydrogens is 440 g/mol. The lowest BCUT2D eigenvalue weighted by Gasteiger charge is -2.34. The minimum absolute atomic E-state index is 0.0345. The lowest BCUT2D eigenvalue weighted by atomic mass is 9.90. The molecule has 0 radical (unpaired) electrons. The van der Waals surface area contributed by atoms with Crippen LogP contribution in [0, 0.1) is 0 Å². The molecule has 1 atom stereocenters. The summed E-state index contributed by atoms with van der Waals surface area (Å²) in [5.41, 5.74) is 3.31. The molecule has 0 spiro atoms. The molecule has 0 bridgehead atoms. The zero-order valence-electron chi connectivity index (χ0n) is 19.0. The van der Waals surface area contributed by atoms with Crippen molar-refractivity contribution < 1.29 is 24.1 Å². The molecule has 11 nitrogen and oxygen atoms in total. The maximum absolute atomic E-state index is 12.3. The van der Waals surface area contributed by atoms with Crippen molar-refractivity contribution in [1.29, 1.82) is 0 Å². The van der Waals surface area contributed by atoms with Gasteiger partial charge in [-0.3, -0.25) is 9.69 Å². The number of rotatable bonds is 7. The van der Waals surface area contributed by atoms with Gasteiger partial charge in [0.25, 0.3) is 5.91 Å². The number of carbonyl (C=O) groups excluding carboxylic acids is 1. The third-order valence-corrected chi connectivity index (χ3v) is 6.13. The zero-order valence-corrected chi connectivity index (χ0v) is 19.0. The number of hydrogen-bond acceptors (Lipinski definition) is 9. The summed E-state index contributed by atoms with van der Waals surface area (Å²) < 4.78 is 18.8. The van der Waals surface area contributed by atoms with Crippen LogP contribution >= 0.6 is 0 Å². The molecule has 2 N–H and O–H groups in total. The predicted molar refractivity (Wildman–Crippen MR) is 120 cm³/mol. The van der Waals surface area contributed by atoms with Gasteiger partial charge in [0.05, 0.1) is 12.8 Å². The van der Waals surface area contributed by atoms with Gasteiger partial charge in [-0.2, -0.15) is 4.68 Å². The molecule has 3 aromatic rings. The van der Waals surface area contributed by atoms with E-state index in [9.17, 15) is 4.79 Å². The fourth-order valence-corrected chi connectivity index (χ4v) is 4.44. The highest BCUT2D eigenvalue weighted by Gasteiger charge is 2.37. The van der Waals surface area contributed by atoms with Gasteiger partial charge in [-0.15, -0.1) is 5.10 Å². The number of aliphatic hydroxyl groups excluding tert-OH is 1. The number of aromatic nitrogens is 4. The minimum Gasteiger partial charge on any atom is -0.492 e. The SMILES string of the molecule is COc1c2c(cc3c1[C@@H](c1nnnn1-c1ccc(C(=O)NCCCO)cc1)N(C)CC3)OCO2. The van der Waals surface area contributed by atoms with Crippen LogP contribution in [0.25, 0.3) is 5.69 Å². The quantitative estimate of drug-likeness (QED) is 0.493. The predicted octanol–water partition coefficient (Wildman–Crippen LogP) is 1.09. The molecule has 0 aliphatic carbocycles. The number of ether oxygens (including phenoxy) is 3. The molecule has 2 aromatic carbocycles. The van der Waals surface area contributed by atoms with E-state index >= 15 is 0 Å². The highest BCUT2D eigenvalue weighted by Crippen LogP contribution is 2.50. The van der Waals surface area contributed by atoms with Gasteiger partial charge in [-0.1, -0.05) is 0 Å². The first kappa shape index (κ1) is 22.1. The minimum atomic E-state index is -0.273. The van der Waals surface area contributed by atoms with E-state index in [1.54, 1.807) is 36.1 Å². The average Bonchev–Trinajstić information content (AvgIpc) is 3.52. The van der Waals surface area contributed by atoms with Gasteiger partial charge in [0, 0.05) is 30.8 Å². The Labute approximate surface area is 196 Å². The van der Waals surface area contributed by atoms with E-state index < -0.39 is 0 Å². The summed E-state index contributed by atoms with van der Waals surface area (Å²) in [6.07, 6.45) is 1.34. The van der Waals surface area contributed by atoms with Gasteiger partial charge < -0.3 is 24.6 Å².